The monoisotopic (exact) mass is 424 g/mol. The summed E-state index contributed by atoms with van der Waals surface area (Å²) >= 11 is 6.96. The largest absolute Gasteiger partial charge is 0.308 e. The van der Waals surface area contributed by atoms with E-state index in [1.54, 1.807) is 34.9 Å². The molecule has 0 saturated carbocycles. The first-order valence-corrected chi connectivity index (χ1v) is 11.4. The summed E-state index contributed by atoms with van der Waals surface area (Å²) < 4.78 is 30.3. The molecule has 1 aromatic heterocycles. The summed E-state index contributed by atoms with van der Waals surface area (Å²) in [6.07, 6.45) is 1.45. The van der Waals surface area contributed by atoms with E-state index in [2.05, 4.69) is 4.72 Å². The van der Waals surface area contributed by atoms with E-state index < -0.39 is 10.0 Å². The van der Waals surface area contributed by atoms with Crippen LogP contribution in [0.1, 0.15) is 32.3 Å². The van der Waals surface area contributed by atoms with Gasteiger partial charge in [-0.2, -0.15) is 0 Å². The molecule has 5 nitrogen and oxygen atoms in total. The molecular formula is C19H21ClN2O3S2. The SMILES string of the molecule is CCC(CC)NS(=O)(=O)c1ccc2c(c1)sc(=O)n2Cc1ccc(Cl)cc1. The van der Waals surface area contributed by atoms with Crippen molar-refractivity contribution in [3.8, 4) is 0 Å². The number of nitrogens with zero attached hydrogens (tertiary/aromatic N) is 1. The lowest BCUT2D eigenvalue weighted by Crippen LogP contribution is -2.33. The number of fused-ring (bicyclic) bond motifs is 1. The smallest absolute Gasteiger partial charge is 0.294 e. The van der Waals surface area contributed by atoms with Crippen LogP contribution < -0.4 is 9.60 Å². The maximum atomic E-state index is 12.6. The van der Waals surface area contributed by atoms with Crippen molar-refractivity contribution in [3.05, 3.63) is 62.7 Å². The van der Waals surface area contributed by atoms with E-state index in [0.29, 0.717) is 16.3 Å². The van der Waals surface area contributed by atoms with Gasteiger partial charge in [0.15, 0.2) is 0 Å². The number of halogens is 1. The van der Waals surface area contributed by atoms with E-state index >= 15 is 0 Å². The van der Waals surface area contributed by atoms with Crippen LogP contribution >= 0.6 is 22.9 Å². The van der Waals surface area contributed by atoms with E-state index in [0.717, 1.165) is 35.3 Å². The first-order chi connectivity index (χ1) is 12.8. The summed E-state index contributed by atoms with van der Waals surface area (Å²) in [5.74, 6) is 0. The molecule has 0 radical (unpaired) electrons. The van der Waals surface area contributed by atoms with E-state index in [1.807, 2.05) is 26.0 Å². The molecule has 0 atom stereocenters. The van der Waals surface area contributed by atoms with Crippen LogP contribution in [0.4, 0.5) is 0 Å². The third kappa shape index (κ3) is 4.43. The fourth-order valence-corrected chi connectivity index (χ4v) is 5.44. The van der Waals surface area contributed by atoms with Crippen molar-refractivity contribution >= 4 is 43.2 Å². The highest BCUT2D eigenvalue weighted by molar-refractivity contribution is 7.89. The van der Waals surface area contributed by atoms with Gasteiger partial charge in [0.25, 0.3) is 0 Å². The lowest BCUT2D eigenvalue weighted by atomic mass is 10.2. The highest BCUT2D eigenvalue weighted by atomic mass is 35.5. The molecule has 1 N–H and O–H groups in total. The number of hydrogen-bond acceptors (Lipinski definition) is 4. The van der Waals surface area contributed by atoms with Crippen LogP contribution in [0.2, 0.25) is 5.02 Å². The van der Waals surface area contributed by atoms with Crippen molar-refractivity contribution in [2.75, 3.05) is 0 Å². The Morgan fingerprint density at radius 1 is 1.11 bits per heavy atom. The summed E-state index contributed by atoms with van der Waals surface area (Å²) in [6.45, 7) is 4.30. The Morgan fingerprint density at radius 2 is 1.78 bits per heavy atom. The summed E-state index contributed by atoms with van der Waals surface area (Å²) in [5.41, 5.74) is 1.68. The van der Waals surface area contributed by atoms with Crippen LogP contribution in [-0.4, -0.2) is 19.0 Å². The molecule has 0 fully saturated rings. The van der Waals surface area contributed by atoms with E-state index in [9.17, 15) is 13.2 Å². The molecule has 144 valence electrons. The van der Waals surface area contributed by atoms with Gasteiger partial charge in [-0.15, -0.1) is 0 Å². The summed E-state index contributed by atoms with van der Waals surface area (Å²) in [6, 6.07) is 12.0. The normalized spacial score (nSPS) is 12.1. The zero-order valence-corrected chi connectivity index (χ0v) is 17.5. The standard InChI is InChI=1S/C19H21ClN2O3S2/c1-3-15(4-2)21-27(24,25)16-9-10-17-18(11-16)26-19(23)22(17)12-13-5-7-14(20)8-6-13/h5-11,15,21H,3-4,12H2,1-2H3. The zero-order valence-electron chi connectivity index (χ0n) is 15.1. The molecule has 2 aromatic carbocycles. The molecule has 0 amide bonds. The van der Waals surface area contributed by atoms with Gasteiger partial charge < -0.3 is 0 Å². The number of thiazole rings is 1. The number of nitrogens with one attached hydrogen (secondary N) is 1. The van der Waals surface area contributed by atoms with E-state index in [4.69, 9.17) is 11.6 Å². The number of benzene rings is 2. The number of sulfonamides is 1. The lowest BCUT2D eigenvalue weighted by Gasteiger charge is -2.15. The molecule has 0 aliphatic heterocycles. The molecule has 0 saturated heterocycles. The summed E-state index contributed by atoms with van der Waals surface area (Å²) in [7, 11) is -3.61. The second-order valence-corrected chi connectivity index (χ2v) is 9.49. The van der Waals surface area contributed by atoms with Gasteiger partial charge in [-0.25, -0.2) is 13.1 Å². The lowest BCUT2D eigenvalue weighted by molar-refractivity contribution is 0.530. The van der Waals surface area contributed by atoms with Crippen molar-refractivity contribution in [1.82, 2.24) is 9.29 Å². The quantitative estimate of drug-likeness (QED) is 0.617. The Hall–Kier alpha value is -1.67. The van der Waals surface area contributed by atoms with Gasteiger partial charge in [0.1, 0.15) is 0 Å². The molecule has 1 heterocycles. The van der Waals surface area contributed by atoms with Gasteiger partial charge >= 0.3 is 4.87 Å². The van der Waals surface area contributed by atoms with Crippen molar-refractivity contribution in [2.24, 2.45) is 0 Å². The molecular weight excluding hydrogens is 404 g/mol. The molecule has 0 aliphatic rings. The number of rotatable bonds is 7. The minimum Gasteiger partial charge on any atom is -0.294 e. The Labute approximate surface area is 167 Å². The Bertz CT molecular complexity index is 1100. The second-order valence-electron chi connectivity index (χ2n) is 6.34. The highest BCUT2D eigenvalue weighted by Crippen LogP contribution is 2.23. The van der Waals surface area contributed by atoms with Crippen molar-refractivity contribution in [1.29, 1.82) is 0 Å². The van der Waals surface area contributed by atoms with Crippen LogP contribution in [0.3, 0.4) is 0 Å². The minimum atomic E-state index is -3.61. The first-order valence-electron chi connectivity index (χ1n) is 8.74. The summed E-state index contributed by atoms with van der Waals surface area (Å²) in [4.78, 5) is 12.5. The molecule has 0 unspecified atom stereocenters. The van der Waals surface area contributed by atoms with Gasteiger partial charge in [0, 0.05) is 11.1 Å². The molecule has 3 aromatic rings. The molecule has 8 heteroatoms. The van der Waals surface area contributed by atoms with Crippen LogP contribution in [0.15, 0.2) is 52.2 Å². The Kier molecular flexibility index (Phi) is 6.05. The Morgan fingerprint density at radius 3 is 2.41 bits per heavy atom. The average molecular weight is 425 g/mol. The zero-order chi connectivity index (χ0) is 19.6. The van der Waals surface area contributed by atoms with Crippen LogP contribution in [0.5, 0.6) is 0 Å². The van der Waals surface area contributed by atoms with Gasteiger partial charge in [-0.1, -0.05) is 48.9 Å². The number of aromatic nitrogens is 1. The molecule has 0 aliphatic carbocycles. The average Bonchev–Trinajstić information content (AvgIpc) is 2.96. The third-order valence-corrected chi connectivity index (χ3v) is 7.22. The fraction of sp³-hybridized carbons (Fsp3) is 0.316. The third-order valence-electron chi connectivity index (χ3n) is 4.51. The number of hydrogen-bond donors (Lipinski definition) is 1. The maximum absolute atomic E-state index is 12.6. The van der Waals surface area contributed by atoms with E-state index in [-0.39, 0.29) is 15.8 Å². The second kappa shape index (κ2) is 8.14. The van der Waals surface area contributed by atoms with Gasteiger partial charge in [-0.3, -0.25) is 9.36 Å². The van der Waals surface area contributed by atoms with Gasteiger partial charge in [0.2, 0.25) is 10.0 Å². The first kappa shape index (κ1) is 20.1. The predicted molar refractivity (Wildman–Crippen MR) is 111 cm³/mol. The van der Waals surface area contributed by atoms with Gasteiger partial charge in [-0.05, 0) is 48.7 Å². The predicted octanol–water partition coefficient (Wildman–Crippen LogP) is 4.23. The van der Waals surface area contributed by atoms with Crippen molar-refractivity contribution < 1.29 is 8.42 Å². The summed E-state index contributed by atoms with van der Waals surface area (Å²) in [5, 5.41) is 0.640. The van der Waals surface area contributed by atoms with Crippen LogP contribution in [0.25, 0.3) is 10.2 Å². The van der Waals surface area contributed by atoms with E-state index in [1.165, 1.54) is 0 Å². The molecule has 3 rings (SSSR count). The molecule has 27 heavy (non-hydrogen) atoms. The molecule has 0 spiro atoms. The van der Waals surface area contributed by atoms with Crippen molar-refractivity contribution in [3.63, 3.8) is 0 Å². The minimum absolute atomic E-state index is 0.0982. The van der Waals surface area contributed by atoms with Gasteiger partial charge in [0.05, 0.1) is 21.7 Å². The maximum Gasteiger partial charge on any atom is 0.308 e. The van der Waals surface area contributed by atoms with Crippen LogP contribution in [0, 0.1) is 0 Å². The Balaban J connectivity index is 1.96. The van der Waals surface area contributed by atoms with Crippen LogP contribution in [-0.2, 0) is 16.6 Å². The van der Waals surface area contributed by atoms with Crippen molar-refractivity contribution in [2.45, 2.75) is 44.2 Å². The topological polar surface area (TPSA) is 68.2 Å². The fourth-order valence-electron chi connectivity index (χ4n) is 2.88. The highest BCUT2D eigenvalue weighted by Gasteiger charge is 2.19. The molecule has 0 bridgehead atoms.